The number of thioether (sulfide) groups is 1. The molecule has 3 rings (SSSR count). The summed E-state index contributed by atoms with van der Waals surface area (Å²) in [6.45, 7) is 1.96. The van der Waals surface area contributed by atoms with Crippen LogP contribution in [-0.2, 0) is 11.2 Å². The van der Waals surface area contributed by atoms with Crippen molar-refractivity contribution in [2.24, 2.45) is 0 Å². The molecule has 166 valence electrons. The zero-order chi connectivity index (χ0) is 22.9. The molecule has 0 saturated carbocycles. The lowest BCUT2D eigenvalue weighted by Gasteiger charge is -2.19. The number of halogens is 1. The summed E-state index contributed by atoms with van der Waals surface area (Å²) in [7, 11) is 1.57. The van der Waals surface area contributed by atoms with Crippen LogP contribution in [0.25, 0.3) is 0 Å². The number of amides is 2. The van der Waals surface area contributed by atoms with Crippen LogP contribution in [0.1, 0.15) is 23.0 Å². The van der Waals surface area contributed by atoms with Gasteiger partial charge in [0.05, 0.1) is 18.3 Å². The third-order valence-corrected chi connectivity index (χ3v) is 5.49. The van der Waals surface area contributed by atoms with Gasteiger partial charge in [-0.15, -0.1) is 0 Å². The Balaban J connectivity index is 1.81. The fraction of sp³-hybridized carbons (Fsp3) is 0.217. The molecule has 0 aliphatic heterocycles. The fourth-order valence-electron chi connectivity index (χ4n) is 2.90. The lowest BCUT2D eigenvalue weighted by Crippen LogP contribution is -2.45. The quantitative estimate of drug-likeness (QED) is 0.359. The number of carbonyl (C=O) groups excluding carboxylic acids is 2. The number of methoxy groups -OCH3 is 1. The Hall–Kier alpha value is -3.10. The smallest absolute Gasteiger partial charge is 0.272 e. The van der Waals surface area contributed by atoms with Crippen molar-refractivity contribution in [2.75, 3.05) is 18.2 Å². The first-order chi connectivity index (χ1) is 15.5. The zero-order valence-electron chi connectivity index (χ0n) is 17.7. The predicted octanol–water partition coefficient (Wildman–Crippen LogP) is 4.23. The maximum Gasteiger partial charge on any atom is 0.272 e. The van der Waals surface area contributed by atoms with E-state index < -0.39 is 11.9 Å². The first-order valence-corrected chi connectivity index (χ1v) is 11.3. The molecule has 2 aromatic carbocycles. The normalized spacial score (nSPS) is 11.5. The average Bonchev–Trinajstić information content (AvgIpc) is 2.81. The number of aromatic nitrogens is 2. The molecule has 2 N–H and O–H groups in total. The van der Waals surface area contributed by atoms with E-state index in [2.05, 4.69) is 20.6 Å². The number of nitrogens with one attached hydrogen (secondary N) is 2. The van der Waals surface area contributed by atoms with Crippen LogP contribution in [0, 0.1) is 0 Å². The highest BCUT2D eigenvalue weighted by molar-refractivity contribution is 7.99. The molecule has 1 unspecified atom stereocenters. The number of nitrogens with zero attached hydrogens (tertiary/aromatic N) is 2. The second kappa shape index (κ2) is 11.5. The van der Waals surface area contributed by atoms with Gasteiger partial charge < -0.3 is 15.4 Å². The fourth-order valence-corrected chi connectivity index (χ4v) is 3.62. The molecule has 9 heteroatoms. The van der Waals surface area contributed by atoms with Gasteiger partial charge in [0.2, 0.25) is 5.91 Å². The van der Waals surface area contributed by atoms with Crippen LogP contribution in [0.4, 0.5) is 5.69 Å². The molecule has 32 heavy (non-hydrogen) atoms. The van der Waals surface area contributed by atoms with Gasteiger partial charge in [-0.3, -0.25) is 9.59 Å². The van der Waals surface area contributed by atoms with Crippen LogP contribution in [0.15, 0.2) is 66.0 Å². The second-order valence-electron chi connectivity index (χ2n) is 6.72. The van der Waals surface area contributed by atoms with Crippen LogP contribution in [0.5, 0.6) is 5.75 Å². The number of benzene rings is 2. The Bertz CT molecular complexity index is 1060. The first kappa shape index (κ1) is 23.6. The molecule has 0 fully saturated rings. The Labute approximate surface area is 196 Å². The predicted molar refractivity (Wildman–Crippen MR) is 126 cm³/mol. The number of hydrogen-bond acceptors (Lipinski definition) is 6. The molecule has 0 saturated heterocycles. The van der Waals surface area contributed by atoms with Crippen LogP contribution in [0.2, 0.25) is 5.02 Å². The molecule has 0 aliphatic rings. The van der Waals surface area contributed by atoms with E-state index in [1.54, 1.807) is 31.4 Å². The summed E-state index contributed by atoms with van der Waals surface area (Å²) < 4.78 is 5.14. The van der Waals surface area contributed by atoms with Crippen molar-refractivity contribution in [3.63, 3.8) is 0 Å². The summed E-state index contributed by atoms with van der Waals surface area (Å²) in [5, 5.41) is 6.18. The SMILES string of the molecule is CCSc1ncc(Cl)c(C(=O)NC(Cc2ccccc2)C(=O)Nc2ccc(OC)cc2)n1. The van der Waals surface area contributed by atoms with Gasteiger partial charge in [-0.05, 0) is 35.6 Å². The summed E-state index contributed by atoms with van der Waals surface area (Å²) in [4.78, 5) is 34.4. The van der Waals surface area contributed by atoms with E-state index in [0.717, 1.165) is 11.3 Å². The average molecular weight is 471 g/mol. The van der Waals surface area contributed by atoms with Crippen LogP contribution < -0.4 is 15.4 Å². The number of rotatable bonds is 9. The van der Waals surface area contributed by atoms with Gasteiger partial charge in [-0.2, -0.15) is 0 Å². The van der Waals surface area contributed by atoms with E-state index in [1.165, 1.54) is 18.0 Å². The summed E-state index contributed by atoms with van der Waals surface area (Å²) in [5.74, 6) is 0.530. The Morgan fingerprint density at radius 1 is 1.12 bits per heavy atom. The Kier molecular flexibility index (Phi) is 8.47. The number of anilines is 1. The van der Waals surface area contributed by atoms with E-state index in [4.69, 9.17) is 16.3 Å². The molecule has 1 heterocycles. The third kappa shape index (κ3) is 6.45. The van der Waals surface area contributed by atoms with Gasteiger partial charge in [0.25, 0.3) is 5.91 Å². The van der Waals surface area contributed by atoms with Crippen molar-refractivity contribution in [1.29, 1.82) is 0 Å². The van der Waals surface area contributed by atoms with E-state index in [9.17, 15) is 9.59 Å². The van der Waals surface area contributed by atoms with Gasteiger partial charge in [0, 0.05) is 12.1 Å². The minimum absolute atomic E-state index is 0.0351. The maximum atomic E-state index is 13.1. The standard InChI is InChI=1S/C23H23ClN4O3S/c1-3-32-23-25-14-18(24)20(28-23)22(30)27-19(13-15-7-5-4-6-8-15)21(29)26-16-9-11-17(31-2)12-10-16/h4-12,14,19H,3,13H2,1-2H3,(H,26,29)(H,27,30). The monoisotopic (exact) mass is 470 g/mol. The van der Waals surface area contributed by atoms with Crippen molar-refractivity contribution >= 4 is 40.9 Å². The Morgan fingerprint density at radius 2 is 1.84 bits per heavy atom. The molecular formula is C23H23ClN4O3S. The minimum Gasteiger partial charge on any atom is -0.497 e. The van der Waals surface area contributed by atoms with E-state index in [-0.39, 0.29) is 16.6 Å². The number of hydrogen-bond donors (Lipinski definition) is 2. The molecule has 7 nitrogen and oxygen atoms in total. The van der Waals surface area contributed by atoms with Gasteiger partial charge in [0.15, 0.2) is 10.9 Å². The summed E-state index contributed by atoms with van der Waals surface area (Å²) in [6.07, 6.45) is 1.69. The molecule has 1 atom stereocenters. The molecule has 1 aromatic heterocycles. The Morgan fingerprint density at radius 3 is 2.50 bits per heavy atom. The van der Waals surface area contributed by atoms with Crippen molar-refractivity contribution in [3.8, 4) is 5.75 Å². The molecule has 2 amide bonds. The molecular weight excluding hydrogens is 448 g/mol. The van der Waals surface area contributed by atoms with Crippen LogP contribution >= 0.6 is 23.4 Å². The van der Waals surface area contributed by atoms with Crippen molar-refractivity contribution in [2.45, 2.75) is 24.5 Å². The van der Waals surface area contributed by atoms with Gasteiger partial charge >= 0.3 is 0 Å². The van der Waals surface area contributed by atoms with Crippen molar-refractivity contribution in [1.82, 2.24) is 15.3 Å². The van der Waals surface area contributed by atoms with Crippen molar-refractivity contribution < 1.29 is 14.3 Å². The number of ether oxygens (including phenoxy) is 1. The summed E-state index contributed by atoms with van der Waals surface area (Å²) >= 11 is 7.56. The van der Waals surface area contributed by atoms with E-state index in [1.807, 2.05) is 37.3 Å². The second-order valence-corrected chi connectivity index (χ2v) is 8.35. The highest BCUT2D eigenvalue weighted by Gasteiger charge is 2.24. The first-order valence-electron chi connectivity index (χ1n) is 9.95. The summed E-state index contributed by atoms with van der Waals surface area (Å²) in [6, 6.07) is 15.5. The molecule has 0 aliphatic carbocycles. The lowest BCUT2D eigenvalue weighted by atomic mass is 10.0. The molecule has 0 bridgehead atoms. The van der Waals surface area contributed by atoms with Crippen LogP contribution in [0.3, 0.4) is 0 Å². The maximum absolute atomic E-state index is 13.1. The highest BCUT2D eigenvalue weighted by atomic mass is 35.5. The molecule has 0 radical (unpaired) electrons. The summed E-state index contributed by atoms with van der Waals surface area (Å²) in [5.41, 5.74) is 1.52. The largest absolute Gasteiger partial charge is 0.497 e. The number of carbonyl (C=O) groups is 2. The van der Waals surface area contributed by atoms with Gasteiger partial charge in [0.1, 0.15) is 11.8 Å². The third-order valence-electron chi connectivity index (χ3n) is 4.47. The van der Waals surface area contributed by atoms with E-state index >= 15 is 0 Å². The zero-order valence-corrected chi connectivity index (χ0v) is 19.2. The van der Waals surface area contributed by atoms with E-state index in [0.29, 0.717) is 23.0 Å². The van der Waals surface area contributed by atoms with Gasteiger partial charge in [-0.25, -0.2) is 9.97 Å². The highest BCUT2D eigenvalue weighted by Crippen LogP contribution is 2.19. The van der Waals surface area contributed by atoms with Gasteiger partial charge in [-0.1, -0.05) is 60.6 Å². The van der Waals surface area contributed by atoms with Crippen LogP contribution in [-0.4, -0.2) is 40.7 Å². The molecule has 0 spiro atoms. The minimum atomic E-state index is -0.847. The lowest BCUT2D eigenvalue weighted by molar-refractivity contribution is -0.118. The molecule has 3 aromatic rings. The van der Waals surface area contributed by atoms with Crippen molar-refractivity contribution in [3.05, 3.63) is 77.1 Å². The topological polar surface area (TPSA) is 93.2 Å².